The summed E-state index contributed by atoms with van der Waals surface area (Å²) < 4.78 is 7.06. The van der Waals surface area contributed by atoms with Gasteiger partial charge in [-0.3, -0.25) is 5.32 Å². The number of amides is 1. The molecule has 7 heteroatoms. The van der Waals surface area contributed by atoms with E-state index in [4.69, 9.17) is 16.3 Å². The van der Waals surface area contributed by atoms with E-state index in [0.717, 1.165) is 16.8 Å². The van der Waals surface area contributed by atoms with Crippen molar-refractivity contribution in [1.82, 2.24) is 15.0 Å². The van der Waals surface area contributed by atoms with E-state index in [1.807, 2.05) is 42.5 Å². The van der Waals surface area contributed by atoms with Gasteiger partial charge in [0.1, 0.15) is 6.10 Å². The fourth-order valence-electron chi connectivity index (χ4n) is 4.48. The van der Waals surface area contributed by atoms with Crippen LogP contribution >= 0.6 is 11.6 Å². The Kier molecular flexibility index (Phi) is 6.31. The van der Waals surface area contributed by atoms with Gasteiger partial charge in [-0.15, -0.1) is 5.10 Å². The highest BCUT2D eigenvalue weighted by atomic mass is 35.5. The fraction of sp³-hybridized carbons (Fsp3) is 0.250. The van der Waals surface area contributed by atoms with Crippen molar-refractivity contribution in [2.24, 2.45) is 0 Å². The number of ether oxygens (including phenoxy) is 1. The first-order valence-electron chi connectivity index (χ1n) is 11.8. The lowest BCUT2D eigenvalue weighted by Gasteiger charge is -2.15. The molecule has 35 heavy (non-hydrogen) atoms. The monoisotopic (exact) mass is 486 g/mol. The molecule has 1 heterocycles. The third-order valence-corrected chi connectivity index (χ3v) is 7.22. The molecule has 1 aliphatic carbocycles. The molecular formula is C28H27ClN4O2. The maximum atomic E-state index is 12.5. The summed E-state index contributed by atoms with van der Waals surface area (Å²) in [7, 11) is 0. The summed E-state index contributed by atoms with van der Waals surface area (Å²) in [6.07, 6.45) is 4.14. The van der Waals surface area contributed by atoms with Crippen LogP contribution in [0.25, 0.3) is 16.8 Å². The molecule has 1 aliphatic rings. The molecule has 5 rings (SSSR count). The average Bonchev–Trinajstić information content (AvgIpc) is 3.56. The number of aromatic nitrogens is 3. The van der Waals surface area contributed by atoms with Crippen LogP contribution in [0.2, 0.25) is 5.02 Å². The predicted molar refractivity (Wildman–Crippen MR) is 138 cm³/mol. The van der Waals surface area contributed by atoms with Gasteiger partial charge in [0.05, 0.1) is 11.9 Å². The summed E-state index contributed by atoms with van der Waals surface area (Å²) in [5.41, 5.74) is 5.65. The molecule has 0 radical (unpaired) electrons. The van der Waals surface area contributed by atoms with E-state index in [-0.39, 0.29) is 0 Å². The number of rotatable bonds is 7. The Hall–Kier alpha value is -3.64. The van der Waals surface area contributed by atoms with Gasteiger partial charge >= 0.3 is 6.09 Å². The molecule has 1 atom stereocenters. The third kappa shape index (κ3) is 4.80. The molecule has 1 N–H and O–H groups in total. The average molecular weight is 487 g/mol. The quantitative estimate of drug-likeness (QED) is 0.296. The number of nitrogens with one attached hydrogen (secondary N) is 1. The van der Waals surface area contributed by atoms with Crippen LogP contribution in [0.1, 0.15) is 50.3 Å². The summed E-state index contributed by atoms with van der Waals surface area (Å²) in [4.78, 5) is 12.5. The Morgan fingerprint density at radius 1 is 1.06 bits per heavy atom. The van der Waals surface area contributed by atoms with Gasteiger partial charge in [-0.05, 0) is 66.5 Å². The number of hydrogen-bond acceptors (Lipinski definition) is 4. The van der Waals surface area contributed by atoms with Gasteiger partial charge in [0, 0.05) is 10.6 Å². The number of hydrogen-bond donors (Lipinski definition) is 1. The van der Waals surface area contributed by atoms with Crippen molar-refractivity contribution in [1.29, 1.82) is 0 Å². The van der Waals surface area contributed by atoms with Gasteiger partial charge in [-0.1, -0.05) is 78.3 Å². The van der Waals surface area contributed by atoms with E-state index in [1.165, 1.54) is 36.6 Å². The minimum absolute atomic E-state index is 0.408. The number of nitrogens with zero attached hydrogens (tertiary/aromatic N) is 3. The Morgan fingerprint density at radius 3 is 2.34 bits per heavy atom. The molecule has 0 aliphatic heterocycles. The second-order valence-electron chi connectivity index (χ2n) is 8.98. The van der Waals surface area contributed by atoms with Crippen molar-refractivity contribution in [3.63, 3.8) is 0 Å². The first-order chi connectivity index (χ1) is 17.0. The smallest absolute Gasteiger partial charge is 0.413 e. The van der Waals surface area contributed by atoms with Crippen molar-refractivity contribution in [2.75, 3.05) is 5.32 Å². The topological polar surface area (TPSA) is 69.0 Å². The maximum Gasteiger partial charge on any atom is 0.413 e. The lowest BCUT2D eigenvalue weighted by molar-refractivity contribution is 0.121. The van der Waals surface area contributed by atoms with Crippen molar-refractivity contribution in [2.45, 2.75) is 44.6 Å². The number of benzene rings is 3. The van der Waals surface area contributed by atoms with E-state index in [0.29, 0.717) is 16.3 Å². The Balaban J connectivity index is 1.27. The Bertz CT molecular complexity index is 1330. The van der Waals surface area contributed by atoms with Crippen LogP contribution in [0.5, 0.6) is 0 Å². The number of halogens is 1. The zero-order chi connectivity index (χ0) is 24.4. The molecule has 178 valence electrons. The standard InChI is InChI=1S/C28H27ClN4O2/c1-3-28(16-17-28)22-12-8-20(9-13-22)21-10-14-23(15-11-21)33-26(18-30-32-33)31-27(34)35-19(2)24-6-4-5-7-25(24)29/h4-15,18-19H,3,16-17H2,1-2H3,(H,31,34)/t19-/m1/s1. The van der Waals surface area contributed by atoms with Crippen molar-refractivity contribution >= 4 is 23.5 Å². The zero-order valence-corrected chi connectivity index (χ0v) is 20.5. The summed E-state index contributed by atoms with van der Waals surface area (Å²) in [5, 5.41) is 11.3. The highest BCUT2D eigenvalue weighted by Crippen LogP contribution is 2.51. The first-order valence-corrected chi connectivity index (χ1v) is 12.2. The first kappa shape index (κ1) is 23.1. The lowest BCUT2D eigenvalue weighted by atomic mass is 9.91. The van der Waals surface area contributed by atoms with Crippen LogP contribution in [0.3, 0.4) is 0 Å². The lowest BCUT2D eigenvalue weighted by Crippen LogP contribution is -2.18. The Labute approximate surface area is 209 Å². The summed E-state index contributed by atoms with van der Waals surface area (Å²) in [5.74, 6) is 0.410. The zero-order valence-electron chi connectivity index (χ0n) is 19.7. The molecule has 1 saturated carbocycles. The molecule has 0 bridgehead atoms. The van der Waals surface area contributed by atoms with Crippen LogP contribution < -0.4 is 5.32 Å². The normalized spacial score (nSPS) is 14.8. The van der Waals surface area contributed by atoms with Gasteiger partial charge in [0.15, 0.2) is 5.82 Å². The van der Waals surface area contributed by atoms with Gasteiger partial charge in [0.25, 0.3) is 0 Å². The van der Waals surface area contributed by atoms with E-state index < -0.39 is 12.2 Å². The molecular weight excluding hydrogens is 460 g/mol. The SMILES string of the molecule is CCC1(c2ccc(-c3ccc(-n4nncc4NC(=O)O[C@H](C)c4ccccc4Cl)cc3)cc2)CC1. The highest BCUT2D eigenvalue weighted by molar-refractivity contribution is 6.31. The minimum Gasteiger partial charge on any atom is -0.441 e. The highest BCUT2D eigenvalue weighted by Gasteiger charge is 2.41. The Morgan fingerprint density at radius 2 is 1.71 bits per heavy atom. The summed E-state index contributed by atoms with van der Waals surface area (Å²) >= 11 is 6.21. The molecule has 0 saturated heterocycles. The molecule has 6 nitrogen and oxygen atoms in total. The molecule has 0 unspecified atom stereocenters. The van der Waals surface area contributed by atoms with Gasteiger partial charge in [-0.2, -0.15) is 4.68 Å². The molecule has 3 aromatic carbocycles. The van der Waals surface area contributed by atoms with Gasteiger partial charge in [0.2, 0.25) is 0 Å². The second kappa shape index (κ2) is 9.55. The van der Waals surface area contributed by atoms with Crippen LogP contribution in [-0.2, 0) is 10.2 Å². The molecule has 0 spiro atoms. The van der Waals surface area contributed by atoms with Crippen LogP contribution in [0.15, 0.2) is 79.0 Å². The molecule has 1 fully saturated rings. The van der Waals surface area contributed by atoms with E-state index in [9.17, 15) is 4.79 Å². The maximum absolute atomic E-state index is 12.5. The van der Waals surface area contributed by atoms with Crippen LogP contribution in [0, 0.1) is 0 Å². The number of anilines is 1. The van der Waals surface area contributed by atoms with E-state index >= 15 is 0 Å². The summed E-state index contributed by atoms with van der Waals surface area (Å²) in [6.45, 7) is 4.04. The third-order valence-electron chi connectivity index (χ3n) is 6.88. The minimum atomic E-state index is -0.613. The summed E-state index contributed by atoms with van der Waals surface area (Å²) in [6, 6.07) is 24.2. The number of carbonyl (C=O) groups excluding carboxylic acids is 1. The van der Waals surface area contributed by atoms with Crippen LogP contribution in [0.4, 0.5) is 10.6 Å². The molecule has 1 amide bonds. The van der Waals surface area contributed by atoms with Crippen molar-refractivity contribution in [3.05, 3.63) is 95.1 Å². The fourth-order valence-corrected chi connectivity index (χ4v) is 4.77. The predicted octanol–water partition coefficient (Wildman–Crippen LogP) is 7.34. The van der Waals surface area contributed by atoms with Crippen molar-refractivity contribution < 1.29 is 9.53 Å². The molecule has 1 aromatic heterocycles. The van der Waals surface area contributed by atoms with Crippen LogP contribution in [-0.4, -0.2) is 21.1 Å². The van der Waals surface area contributed by atoms with E-state index in [1.54, 1.807) is 17.7 Å². The van der Waals surface area contributed by atoms with Gasteiger partial charge in [-0.25, -0.2) is 4.79 Å². The van der Waals surface area contributed by atoms with Gasteiger partial charge < -0.3 is 4.74 Å². The van der Waals surface area contributed by atoms with E-state index in [2.05, 4.69) is 46.8 Å². The number of carbonyl (C=O) groups is 1. The van der Waals surface area contributed by atoms with Crippen molar-refractivity contribution in [3.8, 4) is 16.8 Å². The largest absolute Gasteiger partial charge is 0.441 e. The molecule has 4 aromatic rings. The second-order valence-corrected chi connectivity index (χ2v) is 9.39.